The Hall–Kier alpha value is -2.25. The zero-order chi connectivity index (χ0) is 20.0. The van der Waals surface area contributed by atoms with E-state index in [-0.39, 0.29) is 12.6 Å². The van der Waals surface area contributed by atoms with E-state index >= 15 is 0 Å². The lowest BCUT2D eigenvalue weighted by atomic mass is 10.0. The molecule has 0 spiro atoms. The third-order valence-corrected chi connectivity index (χ3v) is 4.96. The van der Waals surface area contributed by atoms with Gasteiger partial charge >= 0.3 is 6.03 Å². The van der Waals surface area contributed by atoms with Gasteiger partial charge in [-0.3, -0.25) is 4.72 Å². The molecule has 0 aliphatic heterocycles. The summed E-state index contributed by atoms with van der Waals surface area (Å²) in [7, 11) is -3.35. The third-order valence-electron chi connectivity index (χ3n) is 4.00. The number of benzene rings is 2. The highest BCUT2D eigenvalue weighted by Crippen LogP contribution is 2.29. The van der Waals surface area contributed by atoms with Gasteiger partial charge in [0.05, 0.1) is 11.9 Å². The maximum absolute atomic E-state index is 12.4. The Bertz CT molecular complexity index is 930. The maximum Gasteiger partial charge on any atom is 0.319 e. The Morgan fingerprint density at radius 2 is 1.85 bits per heavy atom. The second-order valence-electron chi connectivity index (χ2n) is 6.15. The van der Waals surface area contributed by atoms with Crippen LogP contribution in [0.25, 0.3) is 0 Å². The van der Waals surface area contributed by atoms with Crippen molar-refractivity contribution in [3.05, 3.63) is 58.1 Å². The number of halogens is 1. The fourth-order valence-corrected chi connectivity index (χ4v) is 3.61. The van der Waals surface area contributed by atoms with E-state index in [9.17, 15) is 13.2 Å². The number of nitrogens with one attached hydrogen (secondary N) is 3. The van der Waals surface area contributed by atoms with Gasteiger partial charge in [0.2, 0.25) is 10.0 Å². The van der Waals surface area contributed by atoms with Crippen LogP contribution in [-0.2, 0) is 29.4 Å². The van der Waals surface area contributed by atoms with E-state index in [2.05, 4.69) is 15.4 Å². The van der Waals surface area contributed by atoms with Gasteiger partial charge in [-0.2, -0.15) is 0 Å². The molecule has 27 heavy (non-hydrogen) atoms. The number of hydrogen-bond donors (Lipinski definition) is 3. The Labute approximate surface area is 165 Å². The van der Waals surface area contributed by atoms with Crippen LogP contribution in [0.3, 0.4) is 0 Å². The number of anilines is 2. The molecule has 2 amide bonds. The molecule has 0 fully saturated rings. The van der Waals surface area contributed by atoms with Gasteiger partial charge in [0, 0.05) is 17.3 Å². The first kappa shape index (κ1) is 21.1. The van der Waals surface area contributed by atoms with Crippen molar-refractivity contribution in [2.24, 2.45) is 0 Å². The Morgan fingerprint density at radius 1 is 1.11 bits per heavy atom. The maximum atomic E-state index is 12.4. The molecular formula is C19H24ClN3O3S. The fourth-order valence-electron chi connectivity index (χ4n) is 2.77. The van der Waals surface area contributed by atoms with Crippen molar-refractivity contribution in [3.8, 4) is 0 Å². The summed E-state index contributed by atoms with van der Waals surface area (Å²) >= 11 is 6.26. The van der Waals surface area contributed by atoms with Crippen LogP contribution in [0.2, 0.25) is 5.02 Å². The molecule has 8 heteroatoms. The second-order valence-corrected chi connectivity index (χ2v) is 8.31. The number of rotatable bonds is 7. The van der Waals surface area contributed by atoms with Gasteiger partial charge in [-0.1, -0.05) is 43.6 Å². The molecule has 2 aromatic carbocycles. The van der Waals surface area contributed by atoms with Gasteiger partial charge in [-0.25, -0.2) is 13.2 Å². The fraction of sp³-hybridized carbons (Fsp3) is 0.316. The minimum atomic E-state index is -3.35. The molecule has 0 heterocycles. The molecule has 0 radical (unpaired) electrons. The SMILES string of the molecule is CCc1ccc(Cl)c(CC)c1NC(=O)NCc1cccc(NS(C)(=O)=O)c1. The van der Waals surface area contributed by atoms with Crippen LogP contribution < -0.4 is 15.4 Å². The van der Waals surface area contributed by atoms with Gasteiger partial charge in [-0.15, -0.1) is 0 Å². The quantitative estimate of drug-likeness (QED) is 0.641. The van der Waals surface area contributed by atoms with Crippen molar-refractivity contribution >= 4 is 39.0 Å². The van der Waals surface area contributed by atoms with Crippen LogP contribution in [0.4, 0.5) is 16.2 Å². The molecule has 0 saturated carbocycles. The van der Waals surface area contributed by atoms with E-state index in [1.165, 1.54) is 0 Å². The highest BCUT2D eigenvalue weighted by molar-refractivity contribution is 7.92. The van der Waals surface area contributed by atoms with Gasteiger partial charge in [-0.05, 0) is 47.7 Å². The first-order chi connectivity index (χ1) is 12.7. The molecule has 0 saturated heterocycles. The molecular weight excluding hydrogens is 386 g/mol. The monoisotopic (exact) mass is 409 g/mol. The first-order valence-corrected chi connectivity index (χ1v) is 10.9. The summed E-state index contributed by atoms with van der Waals surface area (Å²) in [6.45, 7) is 4.27. The molecule has 3 N–H and O–H groups in total. The average molecular weight is 410 g/mol. The van der Waals surface area contributed by atoms with Gasteiger partial charge in [0.1, 0.15) is 0 Å². The minimum Gasteiger partial charge on any atom is -0.334 e. The van der Waals surface area contributed by atoms with Crippen LogP contribution >= 0.6 is 11.6 Å². The summed E-state index contributed by atoms with van der Waals surface area (Å²) < 4.78 is 25.1. The van der Waals surface area contributed by atoms with Crippen molar-refractivity contribution < 1.29 is 13.2 Å². The smallest absolute Gasteiger partial charge is 0.319 e. The summed E-state index contributed by atoms with van der Waals surface area (Å²) in [5.41, 5.74) is 3.90. The summed E-state index contributed by atoms with van der Waals surface area (Å²) in [5, 5.41) is 6.32. The molecule has 2 rings (SSSR count). The highest BCUT2D eigenvalue weighted by Gasteiger charge is 2.13. The lowest BCUT2D eigenvalue weighted by molar-refractivity contribution is 0.251. The van der Waals surface area contributed by atoms with E-state index in [4.69, 9.17) is 11.6 Å². The van der Waals surface area contributed by atoms with Crippen molar-refractivity contribution in [1.82, 2.24) is 5.32 Å². The average Bonchev–Trinajstić information content (AvgIpc) is 2.59. The zero-order valence-electron chi connectivity index (χ0n) is 15.6. The van der Waals surface area contributed by atoms with Crippen molar-refractivity contribution in [1.29, 1.82) is 0 Å². The third kappa shape index (κ3) is 6.15. The summed E-state index contributed by atoms with van der Waals surface area (Å²) in [4.78, 5) is 12.4. The molecule has 0 bridgehead atoms. The number of urea groups is 1. The Morgan fingerprint density at radius 3 is 2.48 bits per heavy atom. The Kier molecular flexibility index (Phi) is 7.10. The normalized spacial score (nSPS) is 11.1. The van der Waals surface area contributed by atoms with E-state index in [1.54, 1.807) is 18.2 Å². The van der Waals surface area contributed by atoms with E-state index < -0.39 is 10.0 Å². The van der Waals surface area contributed by atoms with Crippen molar-refractivity contribution in [2.75, 3.05) is 16.3 Å². The van der Waals surface area contributed by atoms with Gasteiger partial charge < -0.3 is 10.6 Å². The van der Waals surface area contributed by atoms with E-state index in [0.29, 0.717) is 17.1 Å². The standard InChI is InChI=1S/C19H24ClN3O3S/c1-4-14-9-10-17(20)16(5-2)18(14)22-19(24)21-12-13-7-6-8-15(11-13)23-27(3,25)26/h6-11,23H,4-5,12H2,1-3H3,(H2,21,22,24). The lowest BCUT2D eigenvalue weighted by Gasteiger charge is -2.16. The molecule has 6 nitrogen and oxygen atoms in total. The van der Waals surface area contributed by atoms with Crippen LogP contribution in [-0.4, -0.2) is 20.7 Å². The molecule has 0 aromatic heterocycles. The molecule has 0 atom stereocenters. The number of aryl methyl sites for hydroxylation is 1. The Balaban J connectivity index is 2.08. The number of carbonyl (C=O) groups is 1. The van der Waals surface area contributed by atoms with Crippen LogP contribution in [0, 0.1) is 0 Å². The van der Waals surface area contributed by atoms with Crippen molar-refractivity contribution in [3.63, 3.8) is 0 Å². The molecule has 0 unspecified atom stereocenters. The predicted octanol–water partition coefficient (Wildman–Crippen LogP) is 4.16. The highest BCUT2D eigenvalue weighted by atomic mass is 35.5. The number of amides is 2. The van der Waals surface area contributed by atoms with Gasteiger partial charge in [0.15, 0.2) is 0 Å². The molecule has 0 aliphatic rings. The number of carbonyl (C=O) groups excluding carboxylic acids is 1. The number of sulfonamides is 1. The number of hydrogen-bond acceptors (Lipinski definition) is 3. The van der Waals surface area contributed by atoms with E-state index in [1.807, 2.05) is 32.0 Å². The minimum absolute atomic E-state index is 0.259. The lowest BCUT2D eigenvalue weighted by Crippen LogP contribution is -2.29. The summed E-state index contributed by atoms with van der Waals surface area (Å²) in [6.07, 6.45) is 2.58. The molecule has 2 aromatic rings. The van der Waals surface area contributed by atoms with Gasteiger partial charge in [0.25, 0.3) is 0 Å². The topological polar surface area (TPSA) is 87.3 Å². The van der Waals surface area contributed by atoms with Crippen molar-refractivity contribution in [2.45, 2.75) is 33.2 Å². The zero-order valence-corrected chi connectivity index (χ0v) is 17.2. The van der Waals surface area contributed by atoms with E-state index in [0.717, 1.165) is 35.1 Å². The molecule has 146 valence electrons. The van der Waals surface area contributed by atoms with Crippen LogP contribution in [0.15, 0.2) is 36.4 Å². The summed E-state index contributed by atoms with van der Waals surface area (Å²) in [5.74, 6) is 0. The largest absolute Gasteiger partial charge is 0.334 e. The molecule has 0 aliphatic carbocycles. The predicted molar refractivity (Wildman–Crippen MR) is 111 cm³/mol. The van der Waals surface area contributed by atoms with Crippen LogP contribution in [0.1, 0.15) is 30.5 Å². The van der Waals surface area contributed by atoms with Crippen LogP contribution in [0.5, 0.6) is 0 Å². The summed E-state index contributed by atoms with van der Waals surface area (Å²) in [6, 6.07) is 10.3. The second kappa shape index (κ2) is 9.10. The first-order valence-electron chi connectivity index (χ1n) is 8.65.